The Morgan fingerprint density at radius 2 is 0.717 bits per heavy atom. The third kappa shape index (κ3) is 16.1. The molecule has 9 heteroatoms. The van der Waals surface area contributed by atoms with Crippen LogP contribution in [0.4, 0.5) is 0 Å². The van der Waals surface area contributed by atoms with E-state index in [0.717, 1.165) is 61.8 Å². The highest BCUT2D eigenvalue weighted by Crippen LogP contribution is 2.47. The zero-order valence-corrected chi connectivity index (χ0v) is 73.0. The molecule has 120 heavy (non-hydrogen) atoms. The number of aromatic nitrogens is 7. The Balaban J connectivity index is 0.000000115. The summed E-state index contributed by atoms with van der Waals surface area (Å²) in [6, 6.07) is 87.6. The monoisotopic (exact) mass is 1590 g/mol. The molecular weight excluding hydrogens is 1480 g/mol. The molecule has 2 aliphatic rings. The lowest BCUT2D eigenvalue weighted by Gasteiger charge is -2.22. The second kappa shape index (κ2) is 34.5. The van der Waals surface area contributed by atoms with Gasteiger partial charge in [-0.15, -0.1) is 11.3 Å². The minimum Gasteiger partial charge on any atom is -0.455 e. The second-order valence-electron chi connectivity index (χ2n) is 34.1. The zero-order chi connectivity index (χ0) is 83.0. The third-order valence-corrected chi connectivity index (χ3v) is 26.8. The van der Waals surface area contributed by atoms with E-state index in [2.05, 4.69) is 388 Å². The molecule has 0 aliphatic heterocycles. The Bertz CT molecular complexity index is 6530. The SMILES string of the molecule is Cc1cc(-c2ccccc2C)[n+](C)cc1-c1cccc2c1oc1c(C3CCCCC3)cccc12.Cc1cc(-c2ccccc2C)[n+](C)cc1-c1cccc2c1sc1c(C3CCCCC3)cccc12.Cc1ccc2nc(-c3cc(-c4ccccc4C)[n+](C)cc3C)ccc2c1.Cc1ccc2nc(-c3cc(-c4ccccc4C)[n+](C)cc3C)ncc2c1. The van der Waals surface area contributed by atoms with Crippen molar-refractivity contribution >= 4 is 75.3 Å². The molecule has 18 aromatic rings. The highest BCUT2D eigenvalue weighted by molar-refractivity contribution is 7.26. The summed E-state index contributed by atoms with van der Waals surface area (Å²) in [5.41, 5.74) is 38.0. The number of pyridine rings is 5. The summed E-state index contributed by atoms with van der Waals surface area (Å²) in [4.78, 5) is 14.4. The van der Waals surface area contributed by atoms with E-state index in [0.29, 0.717) is 5.92 Å². The molecule has 0 unspecified atom stereocenters. The Labute approximate surface area is 711 Å². The van der Waals surface area contributed by atoms with Crippen molar-refractivity contribution in [3.63, 3.8) is 0 Å². The molecule has 0 amide bonds. The van der Waals surface area contributed by atoms with E-state index >= 15 is 0 Å². The lowest BCUT2D eigenvalue weighted by atomic mass is 9.83. The number of aryl methyl sites for hydroxylation is 14. The van der Waals surface area contributed by atoms with Gasteiger partial charge in [-0.25, -0.2) is 33.2 Å². The predicted octanol–water partition coefficient (Wildman–Crippen LogP) is 27.3. The predicted molar refractivity (Wildman–Crippen MR) is 502 cm³/mol. The number of fused-ring (bicyclic) bond motifs is 8. The first-order valence-corrected chi connectivity index (χ1v) is 43.9. The lowest BCUT2D eigenvalue weighted by molar-refractivity contribution is -0.660. The van der Waals surface area contributed by atoms with Gasteiger partial charge < -0.3 is 4.42 Å². The van der Waals surface area contributed by atoms with Crippen LogP contribution in [0.5, 0.6) is 0 Å². The Kier molecular flexibility index (Phi) is 23.0. The van der Waals surface area contributed by atoms with Gasteiger partial charge in [0.2, 0.25) is 22.8 Å². The van der Waals surface area contributed by atoms with E-state index < -0.39 is 0 Å². The molecule has 0 radical (unpaired) electrons. The van der Waals surface area contributed by atoms with Crippen molar-refractivity contribution in [2.75, 3.05) is 0 Å². The Morgan fingerprint density at radius 1 is 0.300 bits per heavy atom. The summed E-state index contributed by atoms with van der Waals surface area (Å²) in [5.74, 6) is 2.12. The summed E-state index contributed by atoms with van der Waals surface area (Å²) in [7, 11) is 8.51. The van der Waals surface area contributed by atoms with Crippen molar-refractivity contribution in [3.8, 4) is 89.9 Å². The van der Waals surface area contributed by atoms with Gasteiger partial charge in [0.05, 0.1) is 27.9 Å². The largest absolute Gasteiger partial charge is 0.455 e. The first-order valence-electron chi connectivity index (χ1n) is 43.0. The molecule has 0 atom stereocenters. The van der Waals surface area contributed by atoms with E-state index in [1.165, 1.54) is 223 Å². The van der Waals surface area contributed by atoms with E-state index in [-0.39, 0.29) is 0 Å². The second-order valence-corrected chi connectivity index (χ2v) is 35.1. The minimum atomic E-state index is 0.620. The summed E-state index contributed by atoms with van der Waals surface area (Å²) in [6.45, 7) is 21.6. The normalized spacial score (nSPS) is 13.2. The van der Waals surface area contributed by atoms with Crippen LogP contribution in [0.25, 0.3) is 154 Å². The van der Waals surface area contributed by atoms with Crippen LogP contribution in [0.1, 0.15) is 143 Å². The fraction of sp³-hybridized carbons (Fsp3) is 0.234. The summed E-state index contributed by atoms with van der Waals surface area (Å²) >= 11 is 2.01. The zero-order valence-electron chi connectivity index (χ0n) is 72.2. The molecule has 596 valence electrons. The molecule has 8 aromatic heterocycles. The van der Waals surface area contributed by atoms with Crippen molar-refractivity contribution in [2.45, 2.75) is 145 Å². The van der Waals surface area contributed by atoms with Crippen molar-refractivity contribution in [3.05, 3.63) is 340 Å². The number of rotatable bonds is 10. The Hall–Kier alpha value is -12.4. The maximum absolute atomic E-state index is 6.74. The van der Waals surface area contributed by atoms with Crippen LogP contribution < -0.4 is 18.3 Å². The van der Waals surface area contributed by atoms with Gasteiger partial charge in [0.1, 0.15) is 39.4 Å². The van der Waals surface area contributed by atoms with Gasteiger partial charge >= 0.3 is 0 Å². The molecule has 8 heterocycles. The number of hydrogen-bond acceptors (Lipinski definition) is 5. The Morgan fingerprint density at radius 3 is 1.26 bits per heavy atom. The molecule has 2 aliphatic carbocycles. The fourth-order valence-electron chi connectivity index (χ4n) is 18.9. The molecule has 2 saturated carbocycles. The van der Waals surface area contributed by atoms with Gasteiger partial charge in [-0.2, -0.15) is 0 Å². The molecule has 20 rings (SSSR count). The maximum Gasteiger partial charge on any atom is 0.213 e. The van der Waals surface area contributed by atoms with E-state index in [4.69, 9.17) is 14.4 Å². The van der Waals surface area contributed by atoms with Crippen LogP contribution in [0.3, 0.4) is 0 Å². The molecule has 0 N–H and O–H groups in total. The van der Waals surface area contributed by atoms with Crippen molar-refractivity contribution < 1.29 is 22.7 Å². The molecule has 8 nitrogen and oxygen atoms in total. The number of para-hydroxylation sites is 2. The summed E-state index contributed by atoms with van der Waals surface area (Å²) in [5, 5.41) is 7.57. The van der Waals surface area contributed by atoms with Crippen LogP contribution in [0.2, 0.25) is 0 Å². The van der Waals surface area contributed by atoms with Crippen molar-refractivity contribution in [1.82, 2.24) is 15.0 Å². The molecule has 0 bridgehead atoms. The maximum atomic E-state index is 6.74. The number of furan rings is 1. The van der Waals surface area contributed by atoms with Crippen LogP contribution in [0, 0.1) is 69.2 Å². The van der Waals surface area contributed by atoms with E-state index in [9.17, 15) is 0 Å². The molecular formula is C111H109N7OS+4. The standard InChI is InChI=1S/C32H32NO.C32H32NS.C24H23N2.C23H22N3/c2*1-21-11-7-8-14-24(21)30-19-22(2)29(20-33(30)3)28-18-10-17-27-26-16-9-15-25(31(26)34-32(27)28)23-12-5-4-6-13-23;1-16-9-11-22-19(13-16)10-12-23(25-22)21-14-24(26(4)15-18(21)3)20-8-6-5-7-17(20)2;1-15-9-10-21-18(11-15)13-24-23(25-21)20-12-22(26(4)14-17(20)3)19-8-6-5-7-16(19)2/h2*7-11,14-20,23H,4-6,12-13H2,1-3H3;5-15H,1-4H3;5-14H,1-4H3/q4*+1. The lowest BCUT2D eigenvalue weighted by Crippen LogP contribution is -2.31. The number of hydrogen-bond donors (Lipinski definition) is 0. The topological polar surface area (TPSA) is 67.3 Å². The van der Waals surface area contributed by atoms with Crippen molar-refractivity contribution in [1.29, 1.82) is 0 Å². The first kappa shape index (κ1) is 80.0. The van der Waals surface area contributed by atoms with Crippen LogP contribution in [-0.4, -0.2) is 15.0 Å². The third-order valence-electron chi connectivity index (χ3n) is 25.5. The summed E-state index contributed by atoms with van der Waals surface area (Å²) in [6.07, 6.45) is 24.3. The molecule has 10 aromatic carbocycles. The van der Waals surface area contributed by atoms with Crippen molar-refractivity contribution in [2.24, 2.45) is 28.2 Å². The van der Waals surface area contributed by atoms with E-state index in [1.54, 1.807) is 5.56 Å². The van der Waals surface area contributed by atoms with Crippen LogP contribution in [0.15, 0.2) is 278 Å². The molecule has 2 fully saturated rings. The van der Waals surface area contributed by atoms with Gasteiger partial charge in [0.15, 0.2) is 30.6 Å². The number of thiophene rings is 1. The average molecular weight is 1590 g/mol. The highest BCUT2D eigenvalue weighted by Gasteiger charge is 2.28. The van der Waals surface area contributed by atoms with Gasteiger partial charge in [0, 0.05) is 128 Å². The minimum absolute atomic E-state index is 0.620. The number of benzene rings is 10. The van der Waals surface area contributed by atoms with Gasteiger partial charge in [-0.3, -0.25) is 0 Å². The quantitative estimate of drug-likeness (QED) is 0.128. The van der Waals surface area contributed by atoms with Gasteiger partial charge in [0.25, 0.3) is 0 Å². The smallest absolute Gasteiger partial charge is 0.213 e. The van der Waals surface area contributed by atoms with Gasteiger partial charge in [-0.1, -0.05) is 213 Å². The van der Waals surface area contributed by atoms with Crippen LogP contribution >= 0.6 is 11.3 Å². The molecule has 0 saturated heterocycles. The molecule has 0 spiro atoms. The highest BCUT2D eigenvalue weighted by atomic mass is 32.1. The van der Waals surface area contributed by atoms with Gasteiger partial charge in [-0.05, 0) is 206 Å². The first-order chi connectivity index (χ1) is 58.3. The van der Waals surface area contributed by atoms with Crippen LogP contribution in [-0.2, 0) is 28.2 Å². The average Bonchev–Trinajstić information content (AvgIpc) is 1.60. The van der Waals surface area contributed by atoms with E-state index in [1.807, 2.05) is 17.5 Å². The summed E-state index contributed by atoms with van der Waals surface area (Å²) < 4.78 is 18.6. The number of nitrogens with zero attached hydrogens (tertiary/aromatic N) is 7. The fourth-order valence-corrected chi connectivity index (χ4v) is 20.3.